The number of benzene rings is 2. The molecule has 0 spiro atoms. The van der Waals surface area contributed by atoms with Gasteiger partial charge >= 0.3 is 12.1 Å². The molecule has 2 amide bonds. The number of carboxylic acid groups (broad SMARTS) is 1. The number of aliphatic carboxylic acids is 1. The Labute approximate surface area is 157 Å². The van der Waals surface area contributed by atoms with Crippen LogP contribution in [0.5, 0.6) is 0 Å². The molecule has 0 unspecified atom stereocenters. The van der Waals surface area contributed by atoms with Crippen LogP contribution < -0.4 is 0 Å². The molecule has 0 bridgehead atoms. The fourth-order valence-corrected chi connectivity index (χ4v) is 4.34. The van der Waals surface area contributed by atoms with Crippen LogP contribution in [0.4, 0.5) is 13.2 Å². The average Bonchev–Trinajstić information content (AvgIpc) is 3.30. The highest BCUT2D eigenvalue weighted by Gasteiger charge is 2.81. The van der Waals surface area contributed by atoms with E-state index in [-0.39, 0.29) is 16.7 Å². The summed E-state index contributed by atoms with van der Waals surface area (Å²) in [5.74, 6) is -6.27. The highest BCUT2D eigenvalue weighted by molar-refractivity contribution is 6.21. The molecule has 1 N–H and O–H groups in total. The van der Waals surface area contributed by atoms with Crippen molar-refractivity contribution >= 4 is 17.8 Å². The lowest BCUT2D eigenvalue weighted by Crippen LogP contribution is -2.37. The molecule has 1 aliphatic heterocycles. The molecule has 144 valence electrons. The third-order valence-electron chi connectivity index (χ3n) is 5.61. The lowest BCUT2D eigenvalue weighted by Gasteiger charge is -2.23. The van der Waals surface area contributed by atoms with Crippen LogP contribution >= 0.6 is 0 Å². The average molecular weight is 389 g/mol. The molecule has 1 fully saturated rings. The number of carbonyl (C=O) groups excluding carboxylic acids is 2. The van der Waals surface area contributed by atoms with Gasteiger partial charge in [-0.2, -0.15) is 13.2 Å². The summed E-state index contributed by atoms with van der Waals surface area (Å²) >= 11 is 0. The molecule has 2 aromatic rings. The molecular formula is C20H14F3NO4. The van der Waals surface area contributed by atoms with Crippen molar-refractivity contribution in [2.45, 2.75) is 11.6 Å². The van der Waals surface area contributed by atoms with Gasteiger partial charge in [0.05, 0.1) is 17.0 Å². The van der Waals surface area contributed by atoms with Crippen molar-refractivity contribution in [2.75, 3.05) is 6.54 Å². The number of carboxylic acids is 1. The van der Waals surface area contributed by atoms with E-state index in [2.05, 4.69) is 0 Å². The van der Waals surface area contributed by atoms with Gasteiger partial charge in [0.25, 0.3) is 11.8 Å². The van der Waals surface area contributed by atoms with Crippen molar-refractivity contribution in [3.05, 3.63) is 71.3 Å². The van der Waals surface area contributed by atoms with Crippen LogP contribution in [0.1, 0.15) is 26.3 Å². The molecule has 4 rings (SSSR count). The summed E-state index contributed by atoms with van der Waals surface area (Å²) in [5, 5.41) is 9.47. The summed E-state index contributed by atoms with van der Waals surface area (Å²) in [6.07, 6.45) is -4.86. The van der Waals surface area contributed by atoms with Crippen molar-refractivity contribution in [3.8, 4) is 0 Å². The van der Waals surface area contributed by atoms with E-state index in [4.69, 9.17) is 0 Å². The van der Waals surface area contributed by atoms with Crippen molar-refractivity contribution < 1.29 is 32.7 Å². The number of carbonyl (C=O) groups is 3. The number of alkyl halides is 3. The summed E-state index contributed by atoms with van der Waals surface area (Å²) in [6.45, 7) is -0.613. The second-order valence-electron chi connectivity index (χ2n) is 6.92. The van der Waals surface area contributed by atoms with Gasteiger partial charge in [-0.15, -0.1) is 0 Å². The first-order chi connectivity index (χ1) is 13.2. The maximum atomic E-state index is 14.1. The number of nitrogens with zero attached hydrogens (tertiary/aromatic N) is 1. The van der Waals surface area contributed by atoms with Gasteiger partial charge in [0, 0.05) is 12.5 Å². The monoisotopic (exact) mass is 389 g/mol. The molecule has 8 heteroatoms. The minimum atomic E-state index is -4.86. The number of hydrogen-bond donors (Lipinski definition) is 1. The fraction of sp³-hybridized carbons (Fsp3) is 0.250. The van der Waals surface area contributed by atoms with E-state index in [1.54, 1.807) is 12.1 Å². The van der Waals surface area contributed by atoms with Gasteiger partial charge in [-0.1, -0.05) is 42.5 Å². The molecule has 2 aliphatic rings. The molecule has 2 aromatic carbocycles. The van der Waals surface area contributed by atoms with E-state index >= 15 is 0 Å². The van der Waals surface area contributed by atoms with Gasteiger partial charge in [-0.25, -0.2) is 0 Å². The minimum Gasteiger partial charge on any atom is -0.481 e. The predicted molar refractivity (Wildman–Crippen MR) is 90.6 cm³/mol. The Morgan fingerprint density at radius 1 is 0.964 bits per heavy atom. The molecule has 28 heavy (non-hydrogen) atoms. The topological polar surface area (TPSA) is 74.7 Å². The molecule has 1 saturated carbocycles. The van der Waals surface area contributed by atoms with Gasteiger partial charge in [0.15, 0.2) is 0 Å². The predicted octanol–water partition coefficient (Wildman–Crippen LogP) is 3.11. The molecule has 1 aliphatic carbocycles. The summed E-state index contributed by atoms with van der Waals surface area (Å²) in [7, 11) is 0. The zero-order chi connectivity index (χ0) is 20.3. The smallest absolute Gasteiger partial charge is 0.399 e. The van der Waals surface area contributed by atoms with Crippen molar-refractivity contribution in [3.63, 3.8) is 0 Å². The SMILES string of the molecule is O=C(O)[C@@H]1[C@H](CN2C(=O)c3ccccc3C2=O)[C@@]1(c1ccccc1)C(F)(F)F. The molecule has 0 saturated heterocycles. The first-order valence-electron chi connectivity index (χ1n) is 8.51. The van der Waals surface area contributed by atoms with Gasteiger partial charge in [0.1, 0.15) is 5.41 Å². The first-order valence-corrected chi connectivity index (χ1v) is 8.51. The van der Waals surface area contributed by atoms with E-state index < -0.39 is 47.8 Å². The number of halogens is 3. The van der Waals surface area contributed by atoms with Crippen molar-refractivity contribution in [2.24, 2.45) is 11.8 Å². The van der Waals surface area contributed by atoms with E-state index in [0.717, 1.165) is 4.90 Å². The van der Waals surface area contributed by atoms with Crippen LogP contribution in [-0.2, 0) is 10.2 Å². The van der Waals surface area contributed by atoms with Crippen molar-refractivity contribution in [1.29, 1.82) is 0 Å². The van der Waals surface area contributed by atoms with Crippen molar-refractivity contribution in [1.82, 2.24) is 4.90 Å². The van der Waals surface area contributed by atoms with Crippen LogP contribution in [0.3, 0.4) is 0 Å². The van der Waals surface area contributed by atoms with E-state index in [9.17, 15) is 32.7 Å². The Hall–Kier alpha value is -3.16. The third-order valence-corrected chi connectivity index (χ3v) is 5.61. The second kappa shape index (κ2) is 5.92. The van der Waals surface area contributed by atoms with E-state index in [1.165, 1.54) is 42.5 Å². The summed E-state index contributed by atoms with van der Waals surface area (Å²) < 4.78 is 42.4. The molecular weight excluding hydrogens is 375 g/mol. The molecule has 3 atom stereocenters. The number of hydrogen-bond acceptors (Lipinski definition) is 3. The minimum absolute atomic E-state index is 0.109. The van der Waals surface area contributed by atoms with Crippen LogP contribution in [0.15, 0.2) is 54.6 Å². The zero-order valence-electron chi connectivity index (χ0n) is 14.3. The van der Waals surface area contributed by atoms with E-state index in [0.29, 0.717) is 0 Å². The Morgan fingerprint density at radius 2 is 1.46 bits per heavy atom. The van der Waals surface area contributed by atoms with Crippen LogP contribution in [0, 0.1) is 11.8 Å². The number of imide groups is 1. The normalized spacial score (nSPS) is 26.3. The lowest BCUT2D eigenvalue weighted by atomic mass is 9.90. The summed E-state index contributed by atoms with van der Waals surface area (Å²) in [5.41, 5.74) is -2.61. The van der Waals surface area contributed by atoms with Gasteiger partial charge in [-0.05, 0) is 17.7 Å². The maximum Gasteiger partial charge on any atom is 0.399 e. The van der Waals surface area contributed by atoms with Crippen LogP contribution in [0.25, 0.3) is 0 Å². The number of fused-ring (bicyclic) bond motifs is 1. The largest absolute Gasteiger partial charge is 0.481 e. The maximum absolute atomic E-state index is 14.1. The Balaban J connectivity index is 1.74. The number of amides is 2. The highest BCUT2D eigenvalue weighted by Crippen LogP contribution is 2.68. The fourth-order valence-electron chi connectivity index (χ4n) is 4.34. The van der Waals surface area contributed by atoms with E-state index in [1.807, 2.05) is 0 Å². The molecule has 0 aromatic heterocycles. The molecule has 5 nitrogen and oxygen atoms in total. The Kier molecular flexibility index (Phi) is 3.85. The highest BCUT2D eigenvalue weighted by atomic mass is 19.4. The van der Waals surface area contributed by atoms with Crippen LogP contribution in [0.2, 0.25) is 0 Å². The van der Waals surface area contributed by atoms with Gasteiger partial charge < -0.3 is 5.11 Å². The first kappa shape index (κ1) is 18.2. The summed E-state index contributed by atoms with van der Waals surface area (Å²) in [4.78, 5) is 37.4. The Morgan fingerprint density at radius 3 is 1.93 bits per heavy atom. The third kappa shape index (κ3) is 2.30. The molecule has 0 radical (unpaired) electrons. The van der Waals surface area contributed by atoms with Crippen LogP contribution in [-0.4, -0.2) is 40.5 Å². The zero-order valence-corrected chi connectivity index (χ0v) is 14.3. The lowest BCUT2D eigenvalue weighted by molar-refractivity contribution is -0.173. The Bertz CT molecular complexity index is 953. The molecule has 1 heterocycles. The second-order valence-corrected chi connectivity index (χ2v) is 6.92. The standard InChI is InChI=1S/C20H14F3NO4/c21-20(22,23)19(11-6-2-1-3-7-11)14(15(19)18(27)28)10-24-16(25)12-8-4-5-9-13(12)17(24)26/h1-9,14-15H,10H2,(H,27,28)/t14-,15-,19+/m0/s1. The summed E-state index contributed by atoms with van der Waals surface area (Å²) in [6, 6.07) is 12.7. The number of rotatable bonds is 4. The quantitative estimate of drug-likeness (QED) is 0.816. The van der Waals surface area contributed by atoms with Gasteiger partial charge in [-0.3, -0.25) is 19.3 Å². The van der Waals surface area contributed by atoms with Gasteiger partial charge in [0.2, 0.25) is 0 Å².